The Morgan fingerprint density at radius 1 is 1.10 bits per heavy atom. The van der Waals surface area contributed by atoms with E-state index in [2.05, 4.69) is 5.32 Å². The van der Waals surface area contributed by atoms with E-state index in [0.717, 1.165) is 46.2 Å². The van der Waals surface area contributed by atoms with Crippen LogP contribution in [0.15, 0.2) is 51.8 Å². The first-order valence-corrected chi connectivity index (χ1v) is 10.8. The van der Waals surface area contributed by atoms with Crippen LogP contribution < -0.4 is 10.1 Å². The van der Waals surface area contributed by atoms with Gasteiger partial charge >= 0.3 is 0 Å². The Kier molecular flexibility index (Phi) is 5.99. The molecule has 0 saturated heterocycles. The molecule has 0 fully saturated rings. The average Bonchev–Trinajstić information content (AvgIpc) is 3.11. The number of ether oxygens (including phenoxy) is 1. The normalized spacial score (nSPS) is 13.0. The van der Waals surface area contributed by atoms with Crippen LogP contribution >= 0.6 is 11.8 Å². The Morgan fingerprint density at radius 3 is 2.63 bits per heavy atom. The quantitative estimate of drug-likeness (QED) is 0.577. The zero-order chi connectivity index (χ0) is 21.1. The van der Waals surface area contributed by atoms with Crippen LogP contribution in [-0.4, -0.2) is 36.7 Å². The number of nitrogens with zero attached hydrogens (tertiary/aromatic N) is 1. The van der Waals surface area contributed by atoms with Crippen LogP contribution in [-0.2, 0) is 17.6 Å². The Balaban J connectivity index is 1.34. The highest BCUT2D eigenvalue weighted by atomic mass is 32.2. The third-order valence-corrected chi connectivity index (χ3v) is 6.05. The van der Waals surface area contributed by atoms with Crippen LogP contribution in [0.3, 0.4) is 0 Å². The number of fused-ring (bicyclic) bond motifs is 3. The molecule has 0 unspecified atom stereocenters. The molecular formula is C23H24N2O4S. The smallest absolute Gasteiger partial charge is 0.285 e. The first kappa shape index (κ1) is 20.3. The monoisotopic (exact) mass is 424 g/mol. The van der Waals surface area contributed by atoms with Gasteiger partial charge in [-0.05, 0) is 73.5 Å². The molecule has 1 heterocycles. The van der Waals surface area contributed by atoms with Crippen molar-refractivity contribution in [3.05, 3.63) is 53.8 Å². The maximum absolute atomic E-state index is 12.3. The van der Waals surface area contributed by atoms with Gasteiger partial charge in [0, 0.05) is 42.0 Å². The van der Waals surface area contributed by atoms with E-state index in [9.17, 15) is 9.59 Å². The van der Waals surface area contributed by atoms with Gasteiger partial charge in [0.15, 0.2) is 6.61 Å². The fourth-order valence-corrected chi connectivity index (χ4v) is 4.13. The largest absolute Gasteiger partial charge is 0.484 e. The van der Waals surface area contributed by atoms with E-state index in [4.69, 9.17) is 9.15 Å². The predicted octanol–water partition coefficient (Wildman–Crippen LogP) is 5.10. The molecule has 0 saturated carbocycles. The van der Waals surface area contributed by atoms with Gasteiger partial charge in [0.1, 0.15) is 17.1 Å². The number of rotatable bonds is 5. The van der Waals surface area contributed by atoms with Crippen molar-refractivity contribution in [1.82, 2.24) is 4.90 Å². The van der Waals surface area contributed by atoms with E-state index in [-0.39, 0.29) is 17.8 Å². The Labute approximate surface area is 179 Å². The lowest BCUT2D eigenvalue weighted by molar-refractivity contribution is -0.118. The summed E-state index contributed by atoms with van der Waals surface area (Å²) in [5, 5.41) is 3.85. The molecule has 2 aromatic carbocycles. The van der Waals surface area contributed by atoms with Gasteiger partial charge in [-0.15, -0.1) is 0 Å². The lowest BCUT2D eigenvalue weighted by Crippen LogP contribution is -2.20. The average molecular weight is 425 g/mol. The molecule has 0 atom stereocenters. The second-order valence-corrected chi connectivity index (χ2v) is 8.52. The Bertz CT molecular complexity index is 1070. The van der Waals surface area contributed by atoms with E-state index >= 15 is 0 Å². The van der Waals surface area contributed by atoms with Crippen LogP contribution in [0.5, 0.6) is 5.75 Å². The summed E-state index contributed by atoms with van der Waals surface area (Å²) in [6.07, 6.45) is 4.36. The number of amides is 2. The van der Waals surface area contributed by atoms with Gasteiger partial charge in [-0.2, -0.15) is 0 Å². The second-order valence-electron chi connectivity index (χ2n) is 7.49. The number of anilines is 1. The van der Waals surface area contributed by atoms with Gasteiger partial charge in [0.25, 0.3) is 11.1 Å². The van der Waals surface area contributed by atoms with Crippen molar-refractivity contribution in [3.8, 4) is 5.75 Å². The molecule has 1 N–H and O–H groups in total. The van der Waals surface area contributed by atoms with E-state index in [0.29, 0.717) is 11.4 Å². The summed E-state index contributed by atoms with van der Waals surface area (Å²) >= 11 is 1.14. The predicted molar refractivity (Wildman–Crippen MR) is 118 cm³/mol. The maximum Gasteiger partial charge on any atom is 0.285 e. The van der Waals surface area contributed by atoms with E-state index in [1.54, 1.807) is 38.4 Å². The fraction of sp³-hybridized carbons (Fsp3) is 0.304. The number of carbonyl (C=O) groups excluding carboxylic acids is 2. The molecule has 30 heavy (non-hydrogen) atoms. The summed E-state index contributed by atoms with van der Waals surface area (Å²) in [5.74, 6) is 1.50. The number of nitrogens with one attached hydrogen (secondary N) is 1. The lowest BCUT2D eigenvalue weighted by atomic mass is 9.96. The van der Waals surface area contributed by atoms with Crippen molar-refractivity contribution < 1.29 is 18.7 Å². The van der Waals surface area contributed by atoms with E-state index in [1.165, 1.54) is 23.3 Å². The second kappa shape index (κ2) is 8.83. The van der Waals surface area contributed by atoms with E-state index < -0.39 is 0 Å². The molecular weight excluding hydrogens is 400 g/mol. The molecule has 2 amide bonds. The zero-order valence-electron chi connectivity index (χ0n) is 17.1. The lowest BCUT2D eigenvalue weighted by Gasteiger charge is -2.10. The van der Waals surface area contributed by atoms with Crippen LogP contribution in [0.4, 0.5) is 10.5 Å². The van der Waals surface area contributed by atoms with Gasteiger partial charge in [-0.3, -0.25) is 9.59 Å². The summed E-state index contributed by atoms with van der Waals surface area (Å²) in [4.78, 5) is 26.3. The molecule has 7 heteroatoms. The summed E-state index contributed by atoms with van der Waals surface area (Å²) < 4.78 is 11.6. The van der Waals surface area contributed by atoms with Crippen LogP contribution in [0, 0.1) is 0 Å². The van der Waals surface area contributed by atoms with Gasteiger partial charge < -0.3 is 19.4 Å². The van der Waals surface area contributed by atoms with Crippen molar-refractivity contribution in [2.24, 2.45) is 0 Å². The number of thioether (sulfide) groups is 1. The van der Waals surface area contributed by atoms with Crippen LogP contribution in [0.25, 0.3) is 11.0 Å². The molecule has 0 spiro atoms. The van der Waals surface area contributed by atoms with Gasteiger partial charge in [-0.1, -0.05) is 0 Å². The Morgan fingerprint density at radius 2 is 1.87 bits per heavy atom. The van der Waals surface area contributed by atoms with Gasteiger partial charge in [-0.25, -0.2) is 0 Å². The molecule has 0 radical (unpaired) electrons. The minimum atomic E-state index is -0.242. The molecule has 4 rings (SSSR count). The number of aryl methyl sites for hydroxylation is 2. The zero-order valence-corrected chi connectivity index (χ0v) is 17.9. The highest BCUT2D eigenvalue weighted by molar-refractivity contribution is 8.13. The van der Waals surface area contributed by atoms with Crippen LogP contribution in [0.2, 0.25) is 0 Å². The number of carbonyl (C=O) groups is 2. The SMILES string of the molecule is CN(C)C(=O)Sc1ccc(NC(=O)COc2ccc3oc4c(c3c2)CCCC4)cc1. The minimum absolute atomic E-state index is 0.0453. The molecule has 156 valence electrons. The summed E-state index contributed by atoms with van der Waals surface area (Å²) in [6.45, 7) is -0.0822. The maximum atomic E-state index is 12.3. The van der Waals surface area contributed by atoms with E-state index in [1.807, 2.05) is 18.2 Å². The third kappa shape index (κ3) is 4.62. The van der Waals surface area contributed by atoms with Crippen molar-refractivity contribution in [1.29, 1.82) is 0 Å². The summed E-state index contributed by atoms with van der Waals surface area (Å²) in [6, 6.07) is 12.9. The fourth-order valence-electron chi connectivity index (χ4n) is 3.48. The Hall–Kier alpha value is -2.93. The van der Waals surface area contributed by atoms with Crippen molar-refractivity contribution in [2.45, 2.75) is 30.6 Å². The molecule has 1 aliphatic carbocycles. The summed E-state index contributed by atoms with van der Waals surface area (Å²) in [5.41, 5.74) is 2.81. The van der Waals surface area contributed by atoms with Crippen molar-refractivity contribution in [2.75, 3.05) is 26.0 Å². The standard InChI is InChI=1S/C23H24N2O4S/c1-25(2)23(27)30-17-10-7-15(8-11-17)24-22(26)14-28-16-9-12-21-19(13-16)18-5-3-4-6-20(18)29-21/h7-13H,3-6,14H2,1-2H3,(H,24,26). The van der Waals surface area contributed by atoms with Crippen LogP contribution in [0.1, 0.15) is 24.2 Å². The highest BCUT2D eigenvalue weighted by Gasteiger charge is 2.18. The number of benzene rings is 2. The van der Waals surface area contributed by atoms with Crippen molar-refractivity contribution in [3.63, 3.8) is 0 Å². The minimum Gasteiger partial charge on any atom is -0.484 e. The number of hydrogen-bond acceptors (Lipinski definition) is 5. The number of furan rings is 1. The number of hydrogen-bond donors (Lipinski definition) is 1. The highest BCUT2D eigenvalue weighted by Crippen LogP contribution is 2.34. The topological polar surface area (TPSA) is 71.8 Å². The first-order chi connectivity index (χ1) is 14.5. The van der Waals surface area contributed by atoms with Gasteiger partial charge in [0.2, 0.25) is 0 Å². The molecule has 1 aliphatic rings. The van der Waals surface area contributed by atoms with Gasteiger partial charge in [0.05, 0.1) is 0 Å². The van der Waals surface area contributed by atoms with Crippen molar-refractivity contribution >= 4 is 39.6 Å². The first-order valence-electron chi connectivity index (χ1n) is 9.96. The molecule has 3 aromatic rings. The summed E-state index contributed by atoms with van der Waals surface area (Å²) in [7, 11) is 3.42. The third-order valence-electron chi connectivity index (χ3n) is 5.00. The molecule has 0 bridgehead atoms. The molecule has 6 nitrogen and oxygen atoms in total. The molecule has 0 aliphatic heterocycles. The molecule has 1 aromatic heterocycles.